The fourth-order valence-corrected chi connectivity index (χ4v) is 2.71. The lowest BCUT2D eigenvalue weighted by Gasteiger charge is -2.02. The lowest BCUT2D eigenvalue weighted by molar-refractivity contribution is 0.423. The molecule has 0 unspecified atom stereocenters. The van der Waals surface area contributed by atoms with Gasteiger partial charge in [0, 0.05) is 29.8 Å². The quantitative estimate of drug-likeness (QED) is 0.576. The van der Waals surface area contributed by atoms with E-state index in [2.05, 4.69) is 25.2 Å². The molecule has 0 spiro atoms. The van der Waals surface area contributed by atoms with Gasteiger partial charge in [0.1, 0.15) is 0 Å². The van der Waals surface area contributed by atoms with E-state index in [4.69, 9.17) is 4.52 Å². The summed E-state index contributed by atoms with van der Waals surface area (Å²) in [5, 5.41) is 8.24. The van der Waals surface area contributed by atoms with Crippen LogP contribution in [0.2, 0.25) is 0 Å². The van der Waals surface area contributed by atoms with Crippen molar-refractivity contribution in [3.63, 3.8) is 0 Å². The molecule has 0 radical (unpaired) electrons. The number of nitrogens with zero attached hydrogens (tertiary/aromatic N) is 6. The molecule has 0 saturated heterocycles. The summed E-state index contributed by atoms with van der Waals surface area (Å²) in [4.78, 5) is 13.9. The maximum atomic E-state index is 5.35. The number of thiazole rings is 1. The predicted octanol–water partition coefficient (Wildman–Crippen LogP) is 2.14. The minimum absolute atomic E-state index is 0.455. The molecule has 0 aliphatic heterocycles. The van der Waals surface area contributed by atoms with Crippen LogP contribution in [-0.4, -0.2) is 29.7 Å². The van der Waals surface area contributed by atoms with E-state index in [1.165, 1.54) is 0 Å². The highest BCUT2D eigenvalue weighted by Crippen LogP contribution is 2.22. The molecule has 8 heteroatoms. The Labute approximate surface area is 123 Å². The Hall–Kier alpha value is -2.61. The van der Waals surface area contributed by atoms with Gasteiger partial charge in [0.2, 0.25) is 0 Å². The molecular weight excluding hydrogens is 288 g/mol. The third-order valence-electron chi connectivity index (χ3n) is 3.17. The van der Waals surface area contributed by atoms with E-state index in [0.29, 0.717) is 18.1 Å². The summed E-state index contributed by atoms with van der Waals surface area (Å²) < 4.78 is 7.10. The topological polar surface area (TPSA) is 82.0 Å². The van der Waals surface area contributed by atoms with E-state index in [1.54, 1.807) is 33.8 Å². The first-order valence-electron chi connectivity index (χ1n) is 6.31. The van der Waals surface area contributed by atoms with E-state index >= 15 is 0 Å². The Bertz CT molecular complexity index is 895. The zero-order chi connectivity index (χ0) is 14.2. The Balaban J connectivity index is 1.72. The zero-order valence-corrected chi connectivity index (χ0v) is 11.9. The van der Waals surface area contributed by atoms with Gasteiger partial charge in [0.05, 0.1) is 23.0 Å². The molecule has 7 nitrogen and oxygen atoms in total. The van der Waals surface area contributed by atoms with E-state index in [1.807, 2.05) is 19.2 Å². The predicted molar refractivity (Wildman–Crippen MR) is 75.9 cm³/mol. The Kier molecular flexibility index (Phi) is 2.74. The number of aryl methyl sites for hydroxylation is 1. The molecule has 0 bridgehead atoms. The minimum Gasteiger partial charge on any atom is -0.334 e. The van der Waals surface area contributed by atoms with Crippen LogP contribution in [0.4, 0.5) is 0 Å². The first-order valence-corrected chi connectivity index (χ1v) is 7.19. The summed E-state index contributed by atoms with van der Waals surface area (Å²) in [5.41, 5.74) is 4.28. The molecule has 0 saturated carbocycles. The van der Waals surface area contributed by atoms with Crippen LogP contribution in [-0.2, 0) is 6.42 Å². The van der Waals surface area contributed by atoms with Gasteiger partial charge in [-0.15, -0.1) is 11.3 Å². The molecular formula is C13H10N6OS. The Morgan fingerprint density at radius 2 is 2.29 bits per heavy atom. The molecule has 4 heterocycles. The minimum atomic E-state index is 0.455. The van der Waals surface area contributed by atoms with E-state index in [-0.39, 0.29) is 0 Å². The maximum Gasteiger partial charge on any atom is 0.261 e. The van der Waals surface area contributed by atoms with E-state index < -0.39 is 0 Å². The summed E-state index contributed by atoms with van der Waals surface area (Å²) >= 11 is 1.57. The van der Waals surface area contributed by atoms with Gasteiger partial charge in [-0.05, 0) is 6.92 Å². The number of fused-ring (bicyclic) bond motifs is 1. The molecule has 21 heavy (non-hydrogen) atoms. The molecule has 0 aliphatic rings. The Morgan fingerprint density at radius 1 is 1.33 bits per heavy atom. The molecule has 0 amide bonds. The maximum absolute atomic E-state index is 5.35. The zero-order valence-electron chi connectivity index (χ0n) is 11.1. The van der Waals surface area contributed by atoms with Gasteiger partial charge in [-0.3, -0.25) is 4.98 Å². The fraction of sp³-hybridized carbons (Fsp3) is 0.154. The third kappa shape index (κ3) is 2.09. The van der Waals surface area contributed by atoms with Gasteiger partial charge in [-0.2, -0.15) is 10.1 Å². The average Bonchev–Trinajstić information content (AvgIpc) is 3.20. The largest absolute Gasteiger partial charge is 0.334 e. The normalized spacial score (nSPS) is 11.3. The number of rotatable bonds is 3. The van der Waals surface area contributed by atoms with Gasteiger partial charge in [-0.1, -0.05) is 5.16 Å². The van der Waals surface area contributed by atoms with Gasteiger partial charge in [0.25, 0.3) is 5.89 Å². The van der Waals surface area contributed by atoms with Gasteiger partial charge in [0.15, 0.2) is 11.5 Å². The first-order chi connectivity index (χ1) is 10.3. The lowest BCUT2D eigenvalue weighted by Crippen LogP contribution is -1.98. The van der Waals surface area contributed by atoms with Crippen molar-refractivity contribution in [1.82, 2.24) is 29.7 Å². The van der Waals surface area contributed by atoms with Crippen LogP contribution in [0, 0.1) is 6.92 Å². The van der Waals surface area contributed by atoms with Crippen molar-refractivity contribution in [3.05, 3.63) is 46.6 Å². The van der Waals surface area contributed by atoms with Crippen LogP contribution in [0.15, 0.2) is 34.7 Å². The van der Waals surface area contributed by atoms with Gasteiger partial charge >= 0.3 is 0 Å². The summed E-state index contributed by atoms with van der Waals surface area (Å²) in [6, 6.07) is 1.85. The number of hydrogen-bond donors (Lipinski definition) is 0. The van der Waals surface area contributed by atoms with Crippen molar-refractivity contribution >= 4 is 17.0 Å². The van der Waals surface area contributed by atoms with E-state index in [0.717, 1.165) is 21.8 Å². The molecule has 0 aliphatic carbocycles. The van der Waals surface area contributed by atoms with Crippen LogP contribution >= 0.6 is 11.3 Å². The van der Waals surface area contributed by atoms with Crippen LogP contribution in [0.25, 0.3) is 17.1 Å². The van der Waals surface area contributed by atoms with Crippen molar-refractivity contribution in [2.45, 2.75) is 13.3 Å². The molecule has 4 aromatic rings. The molecule has 4 rings (SSSR count). The molecule has 0 fully saturated rings. The first kappa shape index (κ1) is 12.2. The number of hydrogen-bond acceptors (Lipinski definition) is 7. The second-order valence-electron chi connectivity index (χ2n) is 4.52. The summed E-state index contributed by atoms with van der Waals surface area (Å²) in [6.07, 6.45) is 5.87. The van der Waals surface area contributed by atoms with Crippen LogP contribution < -0.4 is 0 Å². The smallest absolute Gasteiger partial charge is 0.261 e. The fourth-order valence-electron chi connectivity index (χ4n) is 2.12. The van der Waals surface area contributed by atoms with Gasteiger partial charge in [-0.25, -0.2) is 9.50 Å². The summed E-state index contributed by atoms with van der Waals surface area (Å²) in [6.45, 7) is 1.95. The molecule has 0 N–H and O–H groups in total. The SMILES string of the molecule is Cc1c(-c2nc(Cc3cncs3)no2)cnc2ccnn12. The summed E-state index contributed by atoms with van der Waals surface area (Å²) in [5.74, 6) is 1.09. The second-order valence-corrected chi connectivity index (χ2v) is 5.49. The van der Waals surface area contributed by atoms with Crippen molar-refractivity contribution in [3.8, 4) is 11.5 Å². The third-order valence-corrected chi connectivity index (χ3v) is 3.95. The monoisotopic (exact) mass is 298 g/mol. The van der Waals surface area contributed by atoms with Gasteiger partial charge < -0.3 is 4.52 Å². The van der Waals surface area contributed by atoms with Crippen LogP contribution in [0.5, 0.6) is 0 Å². The van der Waals surface area contributed by atoms with Crippen LogP contribution in [0.1, 0.15) is 16.4 Å². The highest BCUT2D eigenvalue weighted by molar-refractivity contribution is 7.09. The van der Waals surface area contributed by atoms with Crippen molar-refractivity contribution in [2.75, 3.05) is 0 Å². The molecule has 104 valence electrons. The highest BCUT2D eigenvalue weighted by atomic mass is 32.1. The standard InChI is InChI=1S/C13H10N6OS/c1-8-10(6-15-12-2-3-16-19(8)12)13-17-11(18-20-13)4-9-5-14-7-21-9/h2-3,5-7H,4H2,1H3. The summed E-state index contributed by atoms with van der Waals surface area (Å²) in [7, 11) is 0. The molecule has 0 aromatic carbocycles. The molecule has 0 atom stereocenters. The second kappa shape index (κ2) is 4.74. The van der Waals surface area contributed by atoms with Crippen molar-refractivity contribution < 1.29 is 4.52 Å². The highest BCUT2D eigenvalue weighted by Gasteiger charge is 2.15. The van der Waals surface area contributed by atoms with Crippen LogP contribution in [0.3, 0.4) is 0 Å². The van der Waals surface area contributed by atoms with Crippen molar-refractivity contribution in [2.24, 2.45) is 0 Å². The Morgan fingerprint density at radius 3 is 3.14 bits per heavy atom. The average molecular weight is 298 g/mol. The lowest BCUT2D eigenvalue weighted by atomic mass is 10.2. The van der Waals surface area contributed by atoms with Crippen molar-refractivity contribution in [1.29, 1.82) is 0 Å². The number of aromatic nitrogens is 6. The van der Waals surface area contributed by atoms with E-state index in [9.17, 15) is 0 Å². The molecule has 4 aromatic heterocycles.